The van der Waals surface area contributed by atoms with Gasteiger partial charge in [-0.05, 0) is 24.5 Å². The van der Waals surface area contributed by atoms with Crippen molar-refractivity contribution in [2.24, 2.45) is 5.73 Å². The van der Waals surface area contributed by atoms with Crippen molar-refractivity contribution in [2.75, 3.05) is 0 Å². The van der Waals surface area contributed by atoms with Crippen molar-refractivity contribution in [3.05, 3.63) is 33.8 Å². The van der Waals surface area contributed by atoms with Crippen LogP contribution < -0.4 is 5.73 Å². The zero-order valence-electron chi connectivity index (χ0n) is 10.4. The monoisotopic (exact) mass is 273 g/mol. The topological polar surface area (TPSA) is 26.0 Å². The lowest BCUT2D eigenvalue weighted by atomic mass is 10.0. The van der Waals surface area contributed by atoms with E-state index in [1.165, 1.54) is 25.7 Å². The van der Waals surface area contributed by atoms with Crippen molar-refractivity contribution in [3.63, 3.8) is 0 Å². The van der Waals surface area contributed by atoms with Crippen LogP contribution in [0.3, 0.4) is 0 Å². The summed E-state index contributed by atoms with van der Waals surface area (Å²) in [5.41, 5.74) is 7.16. The normalized spacial score (nSPS) is 12.7. The molecule has 0 fully saturated rings. The Morgan fingerprint density at radius 2 is 1.94 bits per heavy atom. The van der Waals surface area contributed by atoms with E-state index >= 15 is 0 Å². The van der Waals surface area contributed by atoms with Gasteiger partial charge in [-0.2, -0.15) is 0 Å². The first kappa shape index (κ1) is 14.8. The molecule has 0 radical (unpaired) electrons. The molecule has 0 aliphatic rings. The summed E-state index contributed by atoms with van der Waals surface area (Å²) in [6, 6.07) is 5.91. The summed E-state index contributed by atoms with van der Waals surface area (Å²) in [6.07, 6.45) is 6.90. The number of unbranched alkanes of at least 4 members (excludes halogenated alkanes) is 3. The molecular weight excluding hydrogens is 253 g/mol. The molecular formula is C14H21Cl2N. The highest BCUT2D eigenvalue weighted by Crippen LogP contribution is 2.26. The van der Waals surface area contributed by atoms with Crippen LogP contribution in [0.1, 0.15) is 44.6 Å². The van der Waals surface area contributed by atoms with Crippen LogP contribution in [-0.2, 0) is 6.42 Å². The molecule has 0 aliphatic carbocycles. The SMILES string of the molecule is CCCCCCC(N)Cc1cccc(Cl)c1Cl. The molecule has 0 aromatic heterocycles. The Morgan fingerprint density at radius 1 is 1.18 bits per heavy atom. The molecule has 96 valence electrons. The molecule has 1 atom stereocenters. The van der Waals surface area contributed by atoms with Crippen LogP contribution in [0.4, 0.5) is 0 Å². The Bertz CT molecular complexity index is 339. The fraction of sp³-hybridized carbons (Fsp3) is 0.571. The molecule has 0 amide bonds. The molecule has 1 aromatic carbocycles. The van der Waals surface area contributed by atoms with Crippen molar-refractivity contribution >= 4 is 23.2 Å². The molecule has 17 heavy (non-hydrogen) atoms. The molecule has 0 spiro atoms. The minimum atomic E-state index is 0.183. The van der Waals surface area contributed by atoms with Gasteiger partial charge in [-0.1, -0.05) is 67.9 Å². The lowest BCUT2D eigenvalue weighted by molar-refractivity contribution is 0.546. The van der Waals surface area contributed by atoms with E-state index in [1.807, 2.05) is 12.1 Å². The minimum absolute atomic E-state index is 0.183. The van der Waals surface area contributed by atoms with E-state index in [2.05, 4.69) is 6.92 Å². The van der Waals surface area contributed by atoms with Crippen molar-refractivity contribution in [2.45, 2.75) is 51.5 Å². The van der Waals surface area contributed by atoms with E-state index in [0.29, 0.717) is 10.0 Å². The van der Waals surface area contributed by atoms with Crippen molar-refractivity contribution < 1.29 is 0 Å². The van der Waals surface area contributed by atoms with E-state index in [-0.39, 0.29) is 6.04 Å². The molecule has 1 nitrogen and oxygen atoms in total. The van der Waals surface area contributed by atoms with Gasteiger partial charge in [-0.15, -0.1) is 0 Å². The fourth-order valence-corrected chi connectivity index (χ4v) is 2.32. The highest BCUT2D eigenvalue weighted by molar-refractivity contribution is 6.42. The van der Waals surface area contributed by atoms with E-state index in [9.17, 15) is 0 Å². The molecule has 1 aromatic rings. The Hall–Kier alpha value is -0.240. The minimum Gasteiger partial charge on any atom is -0.327 e. The molecule has 3 heteroatoms. The predicted octanol–water partition coefficient (Wildman–Crippen LogP) is 4.83. The summed E-state index contributed by atoms with van der Waals surface area (Å²) >= 11 is 12.1. The van der Waals surface area contributed by atoms with Crippen LogP contribution in [0.5, 0.6) is 0 Å². The average Bonchev–Trinajstić information content (AvgIpc) is 2.31. The van der Waals surface area contributed by atoms with E-state index in [0.717, 1.165) is 18.4 Å². The molecule has 0 aliphatic heterocycles. The van der Waals surface area contributed by atoms with Gasteiger partial charge in [0.25, 0.3) is 0 Å². The van der Waals surface area contributed by atoms with Gasteiger partial charge in [0.15, 0.2) is 0 Å². The number of halogens is 2. The second-order valence-corrected chi connectivity index (χ2v) is 5.31. The first-order chi connectivity index (χ1) is 8.15. The van der Waals surface area contributed by atoms with Gasteiger partial charge in [0.2, 0.25) is 0 Å². The van der Waals surface area contributed by atoms with Crippen molar-refractivity contribution in [3.8, 4) is 0 Å². The third kappa shape index (κ3) is 5.29. The molecule has 0 saturated carbocycles. The third-order valence-electron chi connectivity index (χ3n) is 2.94. The zero-order chi connectivity index (χ0) is 12.7. The van der Waals surface area contributed by atoms with Gasteiger partial charge in [-0.25, -0.2) is 0 Å². The van der Waals surface area contributed by atoms with Crippen LogP contribution in [0.2, 0.25) is 10.0 Å². The standard InChI is InChI=1S/C14H21Cl2N/c1-2-3-4-5-8-12(17)10-11-7-6-9-13(15)14(11)16/h6-7,9,12H,2-5,8,10,17H2,1H3. The van der Waals surface area contributed by atoms with Gasteiger partial charge < -0.3 is 5.73 Å². The summed E-state index contributed by atoms with van der Waals surface area (Å²) in [6.45, 7) is 2.21. The summed E-state index contributed by atoms with van der Waals surface area (Å²) in [5.74, 6) is 0. The quantitative estimate of drug-likeness (QED) is 0.708. The lowest BCUT2D eigenvalue weighted by Gasteiger charge is -2.13. The van der Waals surface area contributed by atoms with Crippen LogP contribution in [0.25, 0.3) is 0 Å². The Balaban J connectivity index is 2.39. The second kappa shape index (κ2) is 7.97. The Kier molecular flexibility index (Phi) is 6.94. The Labute approximate surface area is 114 Å². The van der Waals surface area contributed by atoms with Gasteiger partial charge in [-0.3, -0.25) is 0 Å². The van der Waals surface area contributed by atoms with Gasteiger partial charge >= 0.3 is 0 Å². The summed E-state index contributed by atoms with van der Waals surface area (Å²) < 4.78 is 0. The predicted molar refractivity (Wildman–Crippen MR) is 76.9 cm³/mol. The average molecular weight is 274 g/mol. The number of hydrogen-bond donors (Lipinski definition) is 1. The number of benzene rings is 1. The summed E-state index contributed by atoms with van der Waals surface area (Å²) in [5, 5.41) is 1.26. The maximum Gasteiger partial charge on any atom is 0.0624 e. The maximum absolute atomic E-state index is 6.13. The van der Waals surface area contributed by atoms with Gasteiger partial charge in [0.05, 0.1) is 10.0 Å². The van der Waals surface area contributed by atoms with Crippen molar-refractivity contribution in [1.82, 2.24) is 0 Å². The smallest absolute Gasteiger partial charge is 0.0624 e. The first-order valence-corrected chi connectivity index (χ1v) is 7.09. The zero-order valence-corrected chi connectivity index (χ0v) is 11.9. The molecule has 0 bridgehead atoms. The van der Waals surface area contributed by atoms with Gasteiger partial charge in [0.1, 0.15) is 0 Å². The van der Waals surface area contributed by atoms with E-state index in [4.69, 9.17) is 28.9 Å². The second-order valence-electron chi connectivity index (χ2n) is 4.53. The molecule has 0 saturated heterocycles. The van der Waals surface area contributed by atoms with Crippen molar-refractivity contribution in [1.29, 1.82) is 0 Å². The molecule has 0 heterocycles. The van der Waals surface area contributed by atoms with E-state index in [1.54, 1.807) is 6.07 Å². The molecule has 1 unspecified atom stereocenters. The van der Waals surface area contributed by atoms with Crippen LogP contribution in [0.15, 0.2) is 18.2 Å². The summed E-state index contributed by atoms with van der Waals surface area (Å²) in [4.78, 5) is 0. The number of rotatable bonds is 7. The highest BCUT2D eigenvalue weighted by atomic mass is 35.5. The first-order valence-electron chi connectivity index (χ1n) is 6.33. The highest BCUT2D eigenvalue weighted by Gasteiger charge is 2.09. The van der Waals surface area contributed by atoms with Gasteiger partial charge in [0, 0.05) is 6.04 Å². The van der Waals surface area contributed by atoms with Crippen LogP contribution >= 0.6 is 23.2 Å². The third-order valence-corrected chi connectivity index (χ3v) is 3.80. The van der Waals surface area contributed by atoms with Crippen LogP contribution in [-0.4, -0.2) is 6.04 Å². The lowest BCUT2D eigenvalue weighted by Crippen LogP contribution is -2.22. The number of hydrogen-bond acceptors (Lipinski definition) is 1. The van der Waals surface area contributed by atoms with Crippen LogP contribution in [0, 0.1) is 0 Å². The Morgan fingerprint density at radius 3 is 2.65 bits per heavy atom. The largest absolute Gasteiger partial charge is 0.327 e. The summed E-state index contributed by atoms with van der Waals surface area (Å²) in [7, 11) is 0. The maximum atomic E-state index is 6.13. The van der Waals surface area contributed by atoms with E-state index < -0.39 is 0 Å². The number of nitrogens with two attached hydrogens (primary N) is 1. The fourth-order valence-electron chi connectivity index (χ4n) is 1.92. The molecule has 1 rings (SSSR count). The molecule has 2 N–H and O–H groups in total.